The average Bonchev–Trinajstić information content (AvgIpc) is 2.43. The van der Waals surface area contributed by atoms with E-state index in [2.05, 4.69) is 10.3 Å². The predicted molar refractivity (Wildman–Crippen MR) is 86.2 cm³/mol. The zero-order chi connectivity index (χ0) is 15.3. The third kappa shape index (κ3) is 3.78. The molecule has 1 N–H and O–H groups in total. The van der Waals surface area contributed by atoms with Gasteiger partial charge in [-0.3, -0.25) is 0 Å². The fraction of sp³-hybridized carbons (Fsp3) is 0.583. The van der Waals surface area contributed by atoms with Gasteiger partial charge in [0, 0.05) is 32.1 Å². The number of pyridine rings is 1. The molecule has 0 fully saturated rings. The Labute approximate surface area is 130 Å². The number of rotatable bonds is 7. The van der Waals surface area contributed by atoms with Crippen LogP contribution in [0.4, 0.5) is 5.82 Å². The second kappa shape index (κ2) is 7.49. The number of hydrogen-bond donors (Lipinski definition) is 1. The molecule has 1 aromatic rings. The van der Waals surface area contributed by atoms with Crippen LogP contribution in [0.3, 0.4) is 0 Å². The molecule has 0 aliphatic carbocycles. The SMILES string of the molecule is CCC(CSC)N(C)S(=O)(=O)c1cnc(NC)c(Cl)c1. The summed E-state index contributed by atoms with van der Waals surface area (Å²) in [5.74, 6) is 1.21. The Balaban J connectivity index is 3.12. The summed E-state index contributed by atoms with van der Waals surface area (Å²) in [5.41, 5.74) is 0. The summed E-state index contributed by atoms with van der Waals surface area (Å²) in [6, 6.07) is 1.38. The second-order valence-corrected chi connectivity index (χ2v) is 7.61. The van der Waals surface area contributed by atoms with Crippen molar-refractivity contribution >= 4 is 39.2 Å². The number of halogens is 1. The summed E-state index contributed by atoms with van der Waals surface area (Å²) in [7, 11) is -0.297. The number of nitrogens with zero attached hydrogens (tertiary/aromatic N) is 2. The zero-order valence-corrected chi connectivity index (χ0v) is 14.4. The lowest BCUT2D eigenvalue weighted by molar-refractivity contribution is 0.385. The largest absolute Gasteiger partial charge is 0.372 e. The lowest BCUT2D eigenvalue weighted by Crippen LogP contribution is -2.38. The first-order chi connectivity index (χ1) is 9.38. The van der Waals surface area contributed by atoms with Crippen molar-refractivity contribution in [3.8, 4) is 0 Å². The summed E-state index contributed by atoms with van der Waals surface area (Å²) in [6.45, 7) is 1.97. The van der Waals surface area contributed by atoms with E-state index in [4.69, 9.17) is 11.6 Å². The molecule has 5 nitrogen and oxygen atoms in total. The van der Waals surface area contributed by atoms with Gasteiger partial charge in [-0.1, -0.05) is 18.5 Å². The molecule has 0 aliphatic heterocycles. The molecule has 0 amide bonds. The second-order valence-electron chi connectivity index (χ2n) is 4.29. The Hall–Kier alpha value is -0.500. The van der Waals surface area contributed by atoms with E-state index in [-0.39, 0.29) is 10.9 Å². The molecular formula is C12H20ClN3O2S2. The summed E-state index contributed by atoms with van der Waals surface area (Å²) in [6.07, 6.45) is 4.05. The van der Waals surface area contributed by atoms with E-state index in [9.17, 15) is 8.42 Å². The lowest BCUT2D eigenvalue weighted by atomic mass is 10.3. The van der Waals surface area contributed by atoms with E-state index < -0.39 is 10.0 Å². The van der Waals surface area contributed by atoms with Gasteiger partial charge >= 0.3 is 0 Å². The number of thioether (sulfide) groups is 1. The molecule has 0 saturated heterocycles. The first kappa shape index (κ1) is 17.6. The Morgan fingerprint density at radius 2 is 2.20 bits per heavy atom. The Kier molecular flexibility index (Phi) is 6.57. The third-order valence-corrected chi connectivity index (χ3v) is 5.96. The fourth-order valence-electron chi connectivity index (χ4n) is 1.78. The van der Waals surface area contributed by atoms with Gasteiger partial charge in [-0.15, -0.1) is 0 Å². The van der Waals surface area contributed by atoms with Crippen LogP contribution in [-0.2, 0) is 10.0 Å². The Bertz CT molecular complexity index is 552. The van der Waals surface area contributed by atoms with Gasteiger partial charge < -0.3 is 5.32 Å². The van der Waals surface area contributed by atoms with Crippen LogP contribution in [0.15, 0.2) is 17.2 Å². The minimum absolute atomic E-state index is 0.0437. The molecule has 1 heterocycles. The van der Waals surface area contributed by atoms with Crippen LogP contribution in [0.25, 0.3) is 0 Å². The van der Waals surface area contributed by atoms with Crippen LogP contribution in [0.2, 0.25) is 5.02 Å². The van der Waals surface area contributed by atoms with Crippen molar-refractivity contribution in [3.63, 3.8) is 0 Å². The van der Waals surface area contributed by atoms with Crippen molar-refractivity contribution in [3.05, 3.63) is 17.3 Å². The first-order valence-electron chi connectivity index (χ1n) is 6.18. The highest BCUT2D eigenvalue weighted by molar-refractivity contribution is 7.98. The van der Waals surface area contributed by atoms with Gasteiger partial charge in [0.15, 0.2) is 0 Å². The van der Waals surface area contributed by atoms with Crippen molar-refractivity contribution in [2.45, 2.75) is 24.3 Å². The highest BCUT2D eigenvalue weighted by Crippen LogP contribution is 2.25. The van der Waals surface area contributed by atoms with Crippen LogP contribution in [0.1, 0.15) is 13.3 Å². The highest BCUT2D eigenvalue weighted by atomic mass is 35.5. The molecule has 114 valence electrons. The number of anilines is 1. The maximum atomic E-state index is 12.6. The summed E-state index contributed by atoms with van der Waals surface area (Å²) < 4.78 is 26.5. The average molecular weight is 338 g/mol. The van der Waals surface area contributed by atoms with E-state index in [1.54, 1.807) is 25.9 Å². The zero-order valence-electron chi connectivity index (χ0n) is 12.1. The monoisotopic (exact) mass is 337 g/mol. The fourth-order valence-corrected chi connectivity index (χ4v) is 4.45. The van der Waals surface area contributed by atoms with Crippen LogP contribution in [0.5, 0.6) is 0 Å². The van der Waals surface area contributed by atoms with Crippen molar-refractivity contribution in [1.82, 2.24) is 9.29 Å². The van der Waals surface area contributed by atoms with Crippen molar-refractivity contribution in [1.29, 1.82) is 0 Å². The lowest BCUT2D eigenvalue weighted by Gasteiger charge is -2.26. The van der Waals surface area contributed by atoms with E-state index >= 15 is 0 Å². The molecule has 0 aliphatic rings. The molecular weight excluding hydrogens is 318 g/mol. The summed E-state index contributed by atoms with van der Waals surface area (Å²) in [5, 5.41) is 3.09. The van der Waals surface area contributed by atoms with Gasteiger partial charge in [0.1, 0.15) is 10.7 Å². The van der Waals surface area contributed by atoms with E-state index in [1.165, 1.54) is 16.6 Å². The van der Waals surface area contributed by atoms with Crippen LogP contribution < -0.4 is 5.32 Å². The molecule has 0 radical (unpaired) electrons. The van der Waals surface area contributed by atoms with Crippen molar-refractivity contribution in [2.75, 3.05) is 31.4 Å². The molecule has 1 unspecified atom stereocenters. The van der Waals surface area contributed by atoms with Crippen LogP contribution in [0, 0.1) is 0 Å². The van der Waals surface area contributed by atoms with Gasteiger partial charge in [-0.2, -0.15) is 16.1 Å². The molecule has 1 atom stereocenters. The van der Waals surface area contributed by atoms with Crippen molar-refractivity contribution in [2.24, 2.45) is 0 Å². The molecule has 0 spiro atoms. The van der Waals surface area contributed by atoms with Crippen molar-refractivity contribution < 1.29 is 8.42 Å². The van der Waals surface area contributed by atoms with Gasteiger partial charge in [0.2, 0.25) is 10.0 Å². The van der Waals surface area contributed by atoms with Gasteiger partial charge in [0.25, 0.3) is 0 Å². The predicted octanol–water partition coefficient (Wildman–Crippen LogP) is 2.54. The number of aromatic nitrogens is 1. The third-order valence-electron chi connectivity index (χ3n) is 3.07. The first-order valence-corrected chi connectivity index (χ1v) is 9.39. The molecule has 0 aromatic carbocycles. The Morgan fingerprint density at radius 1 is 1.55 bits per heavy atom. The van der Waals surface area contributed by atoms with Gasteiger partial charge in [0.05, 0.1) is 5.02 Å². The van der Waals surface area contributed by atoms with Crippen LogP contribution in [-0.4, -0.2) is 49.9 Å². The van der Waals surface area contributed by atoms with Gasteiger partial charge in [-0.05, 0) is 18.7 Å². The number of nitrogens with one attached hydrogen (secondary N) is 1. The molecule has 1 rings (SSSR count). The molecule has 8 heteroatoms. The topological polar surface area (TPSA) is 62.3 Å². The van der Waals surface area contributed by atoms with Crippen LogP contribution >= 0.6 is 23.4 Å². The minimum atomic E-state index is -3.57. The van der Waals surface area contributed by atoms with E-state index in [1.807, 2.05) is 13.2 Å². The standard InChI is InChI=1S/C12H20ClN3O2S2/c1-5-9(8-19-4)16(3)20(17,18)10-6-11(13)12(14-2)15-7-10/h6-7,9H,5,8H2,1-4H3,(H,14,15). The normalized spacial score (nSPS) is 13.5. The molecule has 1 aromatic heterocycles. The maximum Gasteiger partial charge on any atom is 0.244 e. The molecule has 0 saturated carbocycles. The van der Waals surface area contributed by atoms with E-state index in [0.29, 0.717) is 10.8 Å². The smallest absolute Gasteiger partial charge is 0.244 e. The Morgan fingerprint density at radius 3 is 2.65 bits per heavy atom. The molecule has 0 bridgehead atoms. The molecule has 20 heavy (non-hydrogen) atoms. The highest BCUT2D eigenvalue weighted by Gasteiger charge is 2.27. The number of sulfonamides is 1. The maximum absolute atomic E-state index is 12.6. The quantitative estimate of drug-likeness (QED) is 0.828. The van der Waals surface area contributed by atoms with Gasteiger partial charge in [-0.25, -0.2) is 13.4 Å². The summed E-state index contributed by atoms with van der Waals surface area (Å²) in [4.78, 5) is 4.14. The minimum Gasteiger partial charge on any atom is -0.372 e. The van der Waals surface area contributed by atoms with E-state index in [0.717, 1.165) is 12.2 Å². The number of hydrogen-bond acceptors (Lipinski definition) is 5. The summed E-state index contributed by atoms with van der Waals surface area (Å²) >= 11 is 7.63.